The molecule has 1 aliphatic heterocycles. The smallest absolute Gasteiger partial charge is 0.414 e. The van der Waals surface area contributed by atoms with E-state index in [0.29, 0.717) is 24.2 Å². The highest BCUT2D eigenvalue weighted by Crippen LogP contribution is 2.35. The molecule has 150 valence electrons. The lowest BCUT2D eigenvalue weighted by atomic mass is 9.97. The third-order valence-electron chi connectivity index (χ3n) is 4.52. The minimum Gasteiger partial charge on any atom is -0.473 e. The molecule has 3 rings (SSSR count). The lowest BCUT2D eigenvalue weighted by Crippen LogP contribution is -2.44. The standard InChI is InChI=1S/C17H21N3OS.C2H2O4/c1-12-11-15-5-10-22-16(15)13(2)20(12)9-8-19-17(21)14-3-6-18-7-4-14;3-1(4)2(5)6/h3-7,10,12-13H,8-9,11H2,1-2H3,(H,19,21);(H,3,4)(H,5,6)/t12-,13+;/m1./s1. The van der Waals surface area contributed by atoms with Gasteiger partial charge in [-0.1, -0.05) is 0 Å². The molecule has 2 aromatic rings. The molecule has 1 aliphatic rings. The third kappa shape index (κ3) is 5.61. The first-order chi connectivity index (χ1) is 13.3. The molecule has 0 saturated carbocycles. The number of carboxylic acids is 2. The topological polar surface area (TPSA) is 120 Å². The monoisotopic (exact) mass is 405 g/mol. The van der Waals surface area contributed by atoms with E-state index in [4.69, 9.17) is 19.8 Å². The first kappa shape index (κ1) is 21.5. The van der Waals surface area contributed by atoms with Crippen LogP contribution >= 0.6 is 11.3 Å². The van der Waals surface area contributed by atoms with E-state index in [-0.39, 0.29) is 5.91 Å². The molecule has 0 saturated heterocycles. The number of nitrogens with zero attached hydrogens (tertiary/aromatic N) is 2. The highest BCUT2D eigenvalue weighted by molar-refractivity contribution is 7.10. The van der Waals surface area contributed by atoms with Crippen LogP contribution in [0.1, 0.15) is 40.7 Å². The summed E-state index contributed by atoms with van der Waals surface area (Å²) in [6.45, 7) is 6.06. The molecule has 8 nitrogen and oxygen atoms in total. The van der Waals surface area contributed by atoms with Crippen LogP contribution in [0.25, 0.3) is 0 Å². The SMILES string of the molecule is C[C@@H]1Cc2ccsc2[C@H](C)N1CCNC(=O)c1ccncc1.O=C(O)C(=O)O. The van der Waals surface area contributed by atoms with Crippen molar-refractivity contribution < 1.29 is 24.6 Å². The van der Waals surface area contributed by atoms with Crippen molar-refractivity contribution in [2.45, 2.75) is 32.4 Å². The molecular weight excluding hydrogens is 382 g/mol. The maximum absolute atomic E-state index is 12.1. The van der Waals surface area contributed by atoms with Gasteiger partial charge in [-0.25, -0.2) is 9.59 Å². The lowest BCUT2D eigenvalue weighted by Gasteiger charge is -2.38. The van der Waals surface area contributed by atoms with Gasteiger partial charge in [0.2, 0.25) is 0 Å². The number of rotatable bonds is 4. The summed E-state index contributed by atoms with van der Waals surface area (Å²) in [5.41, 5.74) is 2.15. The van der Waals surface area contributed by atoms with E-state index in [1.807, 2.05) is 11.3 Å². The number of fused-ring (bicyclic) bond motifs is 1. The van der Waals surface area contributed by atoms with Crippen molar-refractivity contribution in [2.75, 3.05) is 13.1 Å². The van der Waals surface area contributed by atoms with Gasteiger partial charge in [-0.05, 0) is 49.4 Å². The summed E-state index contributed by atoms with van der Waals surface area (Å²) in [5.74, 6) is -3.68. The van der Waals surface area contributed by atoms with Gasteiger partial charge in [0.05, 0.1) is 0 Å². The molecule has 0 spiro atoms. The quantitative estimate of drug-likeness (QED) is 0.666. The normalized spacial score (nSPS) is 18.4. The van der Waals surface area contributed by atoms with Gasteiger partial charge in [0.25, 0.3) is 5.91 Å². The van der Waals surface area contributed by atoms with Crippen molar-refractivity contribution in [3.63, 3.8) is 0 Å². The van der Waals surface area contributed by atoms with E-state index >= 15 is 0 Å². The molecule has 0 aliphatic carbocycles. The van der Waals surface area contributed by atoms with Crippen molar-refractivity contribution in [2.24, 2.45) is 0 Å². The highest BCUT2D eigenvalue weighted by atomic mass is 32.1. The molecule has 0 bridgehead atoms. The molecule has 28 heavy (non-hydrogen) atoms. The van der Waals surface area contributed by atoms with Crippen LogP contribution in [0, 0.1) is 0 Å². The second kappa shape index (κ2) is 9.95. The number of thiophene rings is 1. The molecular formula is C19H23N3O5S. The Labute approximate surface area is 166 Å². The summed E-state index contributed by atoms with van der Waals surface area (Å²) in [6, 6.07) is 6.65. The van der Waals surface area contributed by atoms with Crippen molar-refractivity contribution in [1.29, 1.82) is 0 Å². The van der Waals surface area contributed by atoms with Gasteiger partial charge in [0.15, 0.2) is 0 Å². The first-order valence-corrected chi connectivity index (χ1v) is 9.65. The van der Waals surface area contributed by atoms with E-state index < -0.39 is 11.9 Å². The lowest BCUT2D eigenvalue weighted by molar-refractivity contribution is -0.159. The van der Waals surface area contributed by atoms with E-state index in [1.54, 1.807) is 24.5 Å². The van der Waals surface area contributed by atoms with E-state index in [9.17, 15) is 4.79 Å². The summed E-state index contributed by atoms with van der Waals surface area (Å²) >= 11 is 1.84. The second-order valence-corrected chi connectivity index (χ2v) is 7.33. The molecule has 0 fully saturated rings. The van der Waals surface area contributed by atoms with Gasteiger partial charge in [-0.3, -0.25) is 14.7 Å². The van der Waals surface area contributed by atoms with Crippen LogP contribution in [0.3, 0.4) is 0 Å². The fourth-order valence-electron chi connectivity index (χ4n) is 3.17. The molecule has 0 radical (unpaired) electrons. The molecule has 9 heteroatoms. The number of pyridine rings is 1. The van der Waals surface area contributed by atoms with Gasteiger partial charge < -0.3 is 15.5 Å². The van der Waals surface area contributed by atoms with Crippen LogP contribution in [0.5, 0.6) is 0 Å². The molecule has 0 aromatic carbocycles. The maximum Gasteiger partial charge on any atom is 0.414 e. The maximum atomic E-state index is 12.1. The van der Waals surface area contributed by atoms with Gasteiger partial charge in [0, 0.05) is 48.0 Å². The van der Waals surface area contributed by atoms with Crippen molar-refractivity contribution in [3.05, 3.63) is 52.0 Å². The number of carboxylic acid groups (broad SMARTS) is 2. The van der Waals surface area contributed by atoms with E-state index in [1.165, 1.54) is 10.4 Å². The zero-order valence-corrected chi connectivity index (χ0v) is 16.5. The van der Waals surface area contributed by atoms with Gasteiger partial charge in [-0.15, -0.1) is 11.3 Å². The van der Waals surface area contributed by atoms with Crippen LogP contribution in [0.4, 0.5) is 0 Å². The van der Waals surface area contributed by atoms with Gasteiger partial charge in [0.1, 0.15) is 0 Å². The Hall–Kier alpha value is -2.78. The summed E-state index contributed by atoms with van der Waals surface area (Å²) in [7, 11) is 0. The number of amides is 1. The van der Waals surface area contributed by atoms with Crippen molar-refractivity contribution in [3.8, 4) is 0 Å². The van der Waals surface area contributed by atoms with Gasteiger partial charge >= 0.3 is 11.9 Å². The van der Waals surface area contributed by atoms with Gasteiger partial charge in [-0.2, -0.15) is 0 Å². The predicted octanol–water partition coefficient (Wildman–Crippen LogP) is 2.04. The summed E-state index contributed by atoms with van der Waals surface area (Å²) in [6.07, 6.45) is 4.38. The minimum absolute atomic E-state index is 0.0310. The van der Waals surface area contributed by atoms with Crippen LogP contribution in [-0.2, 0) is 16.0 Å². The zero-order valence-electron chi connectivity index (χ0n) is 15.7. The third-order valence-corrected chi connectivity index (χ3v) is 5.65. The molecule has 3 N–H and O–H groups in total. The van der Waals surface area contributed by atoms with Crippen LogP contribution in [0.15, 0.2) is 36.0 Å². The fourth-order valence-corrected chi connectivity index (χ4v) is 4.18. The number of nitrogens with one attached hydrogen (secondary N) is 1. The van der Waals surface area contributed by atoms with Crippen LogP contribution < -0.4 is 5.32 Å². The minimum atomic E-state index is -1.82. The fraction of sp³-hybridized carbons (Fsp3) is 0.368. The summed E-state index contributed by atoms with van der Waals surface area (Å²) in [5, 5.41) is 20.0. The Bertz CT molecular complexity index is 812. The molecule has 1 amide bonds. The van der Waals surface area contributed by atoms with Crippen molar-refractivity contribution in [1.82, 2.24) is 15.2 Å². The molecule has 2 aromatic heterocycles. The Morgan fingerprint density at radius 3 is 2.43 bits per heavy atom. The average Bonchev–Trinajstić information content (AvgIpc) is 3.14. The Kier molecular flexibility index (Phi) is 7.65. The Balaban J connectivity index is 0.000000409. The zero-order chi connectivity index (χ0) is 20.7. The highest BCUT2D eigenvalue weighted by Gasteiger charge is 2.29. The summed E-state index contributed by atoms with van der Waals surface area (Å²) < 4.78 is 0. The average molecular weight is 405 g/mol. The number of hydrogen-bond donors (Lipinski definition) is 3. The largest absolute Gasteiger partial charge is 0.473 e. The van der Waals surface area contributed by atoms with Crippen molar-refractivity contribution >= 4 is 29.2 Å². The number of hydrogen-bond acceptors (Lipinski definition) is 6. The summed E-state index contributed by atoms with van der Waals surface area (Å²) in [4.78, 5) is 38.1. The number of carbonyl (C=O) groups excluding carboxylic acids is 1. The number of carbonyl (C=O) groups is 3. The second-order valence-electron chi connectivity index (χ2n) is 6.38. The van der Waals surface area contributed by atoms with Crippen LogP contribution in [0.2, 0.25) is 0 Å². The predicted molar refractivity (Wildman–Crippen MR) is 104 cm³/mol. The van der Waals surface area contributed by atoms with E-state index in [2.05, 4.69) is 40.5 Å². The van der Waals surface area contributed by atoms with Crippen LogP contribution in [-0.4, -0.2) is 57.1 Å². The molecule has 3 heterocycles. The number of aliphatic carboxylic acids is 2. The Morgan fingerprint density at radius 2 is 1.82 bits per heavy atom. The Morgan fingerprint density at radius 1 is 1.18 bits per heavy atom. The first-order valence-electron chi connectivity index (χ1n) is 8.77. The molecule has 2 atom stereocenters. The van der Waals surface area contributed by atoms with E-state index in [0.717, 1.165) is 13.0 Å². The number of aromatic nitrogens is 1. The molecule has 0 unspecified atom stereocenters.